The van der Waals surface area contributed by atoms with Gasteiger partial charge in [0.05, 0.1) is 51.6 Å². The molecule has 2 bridgehead atoms. The first-order valence-corrected chi connectivity index (χ1v) is 30.2. The van der Waals surface area contributed by atoms with Gasteiger partial charge in [-0.25, -0.2) is 38.9 Å². The molecule has 3 saturated heterocycles. The fraction of sp³-hybridized carbons (Fsp3) is 0.419. The van der Waals surface area contributed by atoms with E-state index < -0.39 is 94.4 Å². The summed E-state index contributed by atoms with van der Waals surface area (Å²) < 4.78 is 86.9. The third kappa shape index (κ3) is 10.1. The first-order valence-electron chi connectivity index (χ1n) is 22.1. The molecule has 7 heterocycles. The van der Waals surface area contributed by atoms with Crippen LogP contribution in [0.5, 0.6) is 0 Å². The fourth-order valence-electron chi connectivity index (χ4n) is 7.92. The van der Waals surface area contributed by atoms with Crippen LogP contribution in [-0.2, 0) is 64.4 Å². The Morgan fingerprint density at radius 2 is 1.42 bits per heavy atom. The molecule has 3 aliphatic heterocycles. The standard InChI is InChI=1S/C43H48FN11O11P2S2Si/c1-41(2,3)71(4,5)65-34-30-19-62-67(58,69)64-33-29(59-21-42(33,44)54-25-50-31-35(46-23-48-37(31)54)52-39(56)27-13-8-6-9-14-27)20-63-68(70,61-18-12-17-45)66-43(34,22-60-30)55-26-51-32-36(47-24-49-38(32)55)53-40(57)28-15-10-7-11-16-28/h6-11,13-16,23-26,29-30,33-34H,12,18-22H2,1-5H3,(H,58,69)(H,46,48,52,56)(H,47,49,53,57)/t29-,30-,33-,34-,42-,43-,67?,68?/m1/s1. The van der Waals surface area contributed by atoms with E-state index in [-0.39, 0.29) is 53.6 Å². The Bertz CT molecular complexity index is 3120. The SMILES string of the molecule is CC(C)(C)[Si](C)(C)O[C@@H]1[C@H]2COP(=O)(S)O[C@@H]3[C@@H](COP(=S)(OCCC#N)O[C@]1(n1cnc4c(NC(=O)c5ccccc5)ncnc41)CO2)OC[C@@]3(F)n1cnc2c(NC(=O)c3ccccc3)ncnc21. The Morgan fingerprint density at radius 1 is 0.873 bits per heavy atom. The highest BCUT2D eigenvalue weighted by atomic mass is 32.7. The zero-order chi connectivity index (χ0) is 50.4. The second kappa shape index (κ2) is 19.8. The van der Waals surface area contributed by atoms with Gasteiger partial charge in [0.2, 0.25) is 11.5 Å². The van der Waals surface area contributed by atoms with Crippen molar-refractivity contribution in [3.63, 3.8) is 0 Å². The topological polar surface area (TPSA) is 260 Å². The summed E-state index contributed by atoms with van der Waals surface area (Å²) >= 11 is 10.6. The number of hydrogen-bond acceptors (Lipinski definition) is 19. The number of ether oxygens (including phenoxy) is 2. The Kier molecular flexibility index (Phi) is 14.2. The molecule has 2 amide bonds. The Labute approximate surface area is 417 Å². The van der Waals surface area contributed by atoms with Crippen LogP contribution < -0.4 is 10.6 Å². The van der Waals surface area contributed by atoms with Gasteiger partial charge in [0, 0.05) is 11.1 Å². The van der Waals surface area contributed by atoms with E-state index >= 15 is 4.39 Å². The van der Waals surface area contributed by atoms with Crippen molar-refractivity contribution >= 4 is 91.7 Å². The number of carbonyl (C=O) groups is 2. The zero-order valence-electron chi connectivity index (χ0n) is 38.8. The van der Waals surface area contributed by atoms with Crippen LogP contribution in [0.25, 0.3) is 22.3 Å². The number of thiol groups is 1. The number of rotatable bonds is 11. The van der Waals surface area contributed by atoms with Crippen LogP contribution in [0.2, 0.25) is 18.1 Å². The van der Waals surface area contributed by atoms with E-state index in [4.69, 9.17) is 48.3 Å². The highest BCUT2D eigenvalue weighted by Crippen LogP contribution is 2.62. The minimum atomic E-state index is -4.62. The van der Waals surface area contributed by atoms with Gasteiger partial charge in [-0.1, -0.05) is 69.4 Å². The van der Waals surface area contributed by atoms with Gasteiger partial charge in [0.15, 0.2) is 48.4 Å². The summed E-state index contributed by atoms with van der Waals surface area (Å²) in [5.41, 5.74) is -0.953. The van der Waals surface area contributed by atoms with E-state index in [1.807, 2.05) is 39.9 Å². The second-order valence-electron chi connectivity index (χ2n) is 18.2. The molecule has 0 radical (unpaired) electrons. The van der Waals surface area contributed by atoms with Crippen molar-refractivity contribution in [3.05, 3.63) is 97.1 Å². The van der Waals surface area contributed by atoms with E-state index in [1.165, 1.54) is 17.2 Å². The molecule has 22 nitrogen and oxygen atoms in total. The van der Waals surface area contributed by atoms with Crippen LogP contribution in [0.15, 0.2) is 86.0 Å². The van der Waals surface area contributed by atoms with Crippen molar-refractivity contribution < 1.29 is 55.1 Å². The predicted octanol–water partition coefficient (Wildman–Crippen LogP) is 7.28. The van der Waals surface area contributed by atoms with E-state index in [0.29, 0.717) is 11.1 Å². The van der Waals surface area contributed by atoms with Crippen LogP contribution in [-0.4, -0.2) is 117 Å². The summed E-state index contributed by atoms with van der Waals surface area (Å²) in [5, 5.41) is 14.7. The van der Waals surface area contributed by atoms with Crippen LogP contribution in [0, 0.1) is 11.3 Å². The molecule has 71 heavy (non-hydrogen) atoms. The number of carbonyl (C=O) groups excluding carboxylic acids is 2. The number of anilines is 2. The molecule has 8 atom stereocenters. The lowest BCUT2D eigenvalue weighted by Gasteiger charge is -2.45. The normalized spacial score (nSPS) is 28.3. The molecule has 4 aromatic heterocycles. The smallest absolute Gasteiger partial charge is 0.386 e. The molecular weight excluding hydrogens is 1020 g/mol. The molecule has 2 N–H and O–H groups in total. The van der Waals surface area contributed by atoms with Crippen molar-refractivity contribution in [1.29, 1.82) is 5.26 Å². The quantitative estimate of drug-likeness (QED) is 0.0498. The lowest BCUT2D eigenvalue weighted by atomic mass is 10.1. The minimum absolute atomic E-state index is 0.0137. The van der Waals surface area contributed by atoms with Crippen LogP contribution in [0.1, 0.15) is 47.9 Å². The lowest BCUT2D eigenvalue weighted by Crippen LogP contribution is -2.56. The molecule has 374 valence electrons. The highest BCUT2D eigenvalue weighted by molar-refractivity contribution is 8.44. The van der Waals surface area contributed by atoms with Gasteiger partial charge in [-0.05, 0) is 54.2 Å². The molecule has 0 spiro atoms. The fourth-order valence-corrected chi connectivity index (χ4v) is 13.0. The third-order valence-corrected chi connectivity index (χ3v) is 21.0. The first-order chi connectivity index (χ1) is 33.8. The third-order valence-electron chi connectivity index (χ3n) is 12.6. The number of imidazole rings is 2. The summed E-state index contributed by atoms with van der Waals surface area (Å²) in [7, 11) is -2.89. The highest BCUT2D eigenvalue weighted by Gasteiger charge is 2.62. The number of hydrogen-bond donors (Lipinski definition) is 3. The van der Waals surface area contributed by atoms with Gasteiger partial charge in [-0.2, -0.15) is 5.26 Å². The molecular formula is C43H48FN11O11P2S2Si. The average Bonchev–Trinajstić information content (AvgIpc) is 4.13. The molecule has 3 fully saturated rings. The number of nitrogens with zero attached hydrogens (tertiary/aromatic N) is 9. The van der Waals surface area contributed by atoms with Gasteiger partial charge < -0.3 is 33.6 Å². The number of benzene rings is 2. The molecule has 28 heteroatoms. The molecule has 6 aromatic rings. The van der Waals surface area contributed by atoms with Gasteiger partial charge in [0.1, 0.15) is 37.6 Å². The first kappa shape index (κ1) is 50.9. The van der Waals surface area contributed by atoms with E-state index in [0.717, 1.165) is 17.2 Å². The molecule has 0 saturated carbocycles. The maximum atomic E-state index is 18.2. The number of amides is 2. The number of fused-ring (bicyclic) bond motifs is 5. The van der Waals surface area contributed by atoms with Crippen molar-refractivity contribution in [2.45, 2.75) is 81.3 Å². The molecule has 9 rings (SSSR count). The minimum Gasteiger partial charge on any atom is -0.406 e. The zero-order valence-corrected chi connectivity index (χ0v) is 43.3. The second-order valence-corrected chi connectivity index (χ2v) is 28.8. The Hall–Kier alpha value is -4.97. The van der Waals surface area contributed by atoms with Gasteiger partial charge >= 0.3 is 13.5 Å². The number of aromatic nitrogens is 8. The Morgan fingerprint density at radius 3 is 2.00 bits per heavy atom. The van der Waals surface area contributed by atoms with Crippen molar-refractivity contribution in [2.24, 2.45) is 0 Å². The van der Waals surface area contributed by atoms with Crippen molar-refractivity contribution in [1.82, 2.24) is 39.0 Å². The maximum Gasteiger partial charge on any atom is 0.386 e. The molecule has 2 aromatic carbocycles. The van der Waals surface area contributed by atoms with Gasteiger partial charge in [-0.3, -0.25) is 32.3 Å². The number of halogens is 1. The maximum absolute atomic E-state index is 18.2. The molecule has 0 aliphatic carbocycles. The average molecular weight is 1070 g/mol. The largest absolute Gasteiger partial charge is 0.406 e. The predicted molar refractivity (Wildman–Crippen MR) is 263 cm³/mol. The van der Waals surface area contributed by atoms with Crippen molar-refractivity contribution in [3.8, 4) is 6.07 Å². The summed E-state index contributed by atoms with van der Waals surface area (Å²) in [6.07, 6.45) is -0.867. The van der Waals surface area contributed by atoms with Crippen LogP contribution >= 0.6 is 25.8 Å². The van der Waals surface area contributed by atoms with Crippen LogP contribution in [0.4, 0.5) is 16.0 Å². The van der Waals surface area contributed by atoms with Crippen LogP contribution in [0.3, 0.4) is 0 Å². The number of alkyl halides is 1. The summed E-state index contributed by atoms with van der Waals surface area (Å²) in [4.78, 5) is 52.9. The summed E-state index contributed by atoms with van der Waals surface area (Å²) in [6, 6.07) is 18.9. The number of nitriles is 1. The number of nitrogens with one attached hydrogen (secondary N) is 2. The summed E-state index contributed by atoms with van der Waals surface area (Å²) in [6.45, 7) is -1.22. The van der Waals surface area contributed by atoms with E-state index in [1.54, 1.807) is 60.7 Å². The summed E-state index contributed by atoms with van der Waals surface area (Å²) in [5.74, 6) is -3.65. The van der Waals surface area contributed by atoms with Gasteiger partial charge in [0.25, 0.3) is 11.8 Å². The van der Waals surface area contributed by atoms with Crippen molar-refractivity contribution in [2.75, 3.05) is 43.7 Å². The van der Waals surface area contributed by atoms with E-state index in [9.17, 15) is 19.4 Å². The monoisotopic (exact) mass is 1070 g/mol. The Balaban J connectivity index is 1.12. The molecule has 2 unspecified atom stereocenters. The van der Waals surface area contributed by atoms with Gasteiger partial charge in [-0.15, -0.1) is 0 Å². The van der Waals surface area contributed by atoms with E-state index in [2.05, 4.69) is 52.8 Å². The molecule has 3 aliphatic rings. The lowest BCUT2D eigenvalue weighted by molar-refractivity contribution is -0.0961.